The highest BCUT2D eigenvalue weighted by molar-refractivity contribution is 8.18. The summed E-state index contributed by atoms with van der Waals surface area (Å²) < 4.78 is 4.95. The van der Waals surface area contributed by atoms with E-state index in [0.29, 0.717) is 4.91 Å². The van der Waals surface area contributed by atoms with E-state index < -0.39 is 23.2 Å². The van der Waals surface area contributed by atoms with E-state index >= 15 is 0 Å². The normalized spacial score (nSPS) is 20.3. The fourth-order valence-corrected chi connectivity index (χ4v) is 5.01. The first-order valence-corrected chi connectivity index (χ1v) is 11.0. The fraction of sp³-hybridized carbons (Fsp3) is 0.435. The van der Waals surface area contributed by atoms with Crippen molar-refractivity contribution in [2.45, 2.75) is 53.1 Å². The van der Waals surface area contributed by atoms with Gasteiger partial charge in [-0.3, -0.25) is 14.5 Å². The summed E-state index contributed by atoms with van der Waals surface area (Å²) in [6.07, 6.45) is 3.96. The first-order chi connectivity index (χ1) is 14.1. The maximum Gasteiger partial charge on any atom is 0.329 e. The number of nitrogens with zero attached hydrogens (tertiary/aromatic N) is 2. The van der Waals surface area contributed by atoms with Gasteiger partial charge in [-0.25, -0.2) is 4.79 Å². The topological polar surface area (TPSA) is 66.9 Å². The molecule has 1 aromatic rings. The van der Waals surface area contributed by atoms with Crippen LogP contribution < -0.4 is 4.90 Å². The standard InChI is InChI=1S/C23H28N2O4S/c1-7-24-18-10-9-16(11-17(18)14(3)13-23(24,5)6)12-19-20(26)25(22(28)30-19)15(4)21(27)29-8-2/h9-13,15H,7-8H2,1-6H3/b19-12+/t15-/m1/s1. The van der Waals surface area contributed by atoms with Crippen molar-refractivity contribution in [3.63, 3.8) is 0 Å². The van der Waals surface area contributed by atoms with Crippen LogP contribution in [0.1, 0.15) is 52.7 Å². The van der Waals surface area contributed by atoms with Gasteiger partial charge in [0, 0.05) is 17.8 Å². The average molecular weight is 429 g/mol. The molecule has 0 aromatic heterocycles. The molecule has 0 bridgehead atoms. The number of allylic oxidation sites excluding steroid dienone is 1. The van der Waals surface area contributed by atoms with Gasteiger partial charge in [-0.2, -0.15) is 0 Å². The number of anilines is 1. The van der Waals surface area contributed by atoms with E-state index in [4.69, 9.17) is 4.74 Å². The highest BCUT2D eigenvalue weighted by Crippen LogP contribution is 2.40. The summed E-state index contributed by atoms with van der Waals surface area (Å²) in [5, 5.41) is -0.459. The van der Waals surface area contributed by atoms with E-state index in [0.717, 1.165) is 40.0 Å². The van der Waals surface area contributed by atoms with Gasteiger partial charge in [-0.1, -0.05) is 12.1 Å². The third-order valence-corrected chi connectivity index (χ3v) is 6.34. The zero-order valence-electron chi connectivity index (χ0n) is 18.3. The molecule has 2 aliphatic rings. The van der Waals surface area contributed by atoms with Crippen molar-refractivity contribution in [1.29, 1.82) is 0 Å². The SMILES string of the molecule is CCOC(=O)[C@@H](C)N1C(=O)S/C(=C/c2ccc3c(c2)C(C)=CC(C)(C)N3CC)C1=O. The molecule has 0 N–H and O–H groups in total. The monoisotopic (exact) mass is 428 g/mol. The number of carbonyl (C=O) groups is 3. The first-order valence-electron chi connectivity index (χ1n) is 10.2. The Bertz CT molecular complexity index is 964. The second-order valence-electron chi connectivity index (χ2n) is 7.98. The number of carbonyl (C=O) groups excluding carboxylic acids is 3. The molecular formula is C23H28N2O4S. The van der Waals surface area contributed by atoms with E-state index in [-0.39, 0.29) is 12.1 Å². The maximum atomic E-state index is 12.8. The predicted molar refractivity (Wildman–Crippen MR) is 121 cm³/mol. The molecule has 1 aromatic carbocycles. The summed E-state index contributed by atoms with van der Waals surface area (Å²) in [5.41, 5.74) is 4.22. The molecule has 1 atom stereocenters. The van der Waals surface area contributed by atoms with Crippen molar-refractivity contribution >= 4 is 46.2 Å². The smallest absolute Gasteiger partial charge is 0.329 e. The number of imide groups is 1. The van der Waals surface area contributed by atoms with Crippen LogP contribution in [-0.4, -0.2) is 46.7 Å². The molecule has 0 aliphatic carbocycles. The van der Waals surface area contributed by atoms with Crippen LogP contribution in [-0.2, 0) is 14.3 Å². The van der Waals surface area contributed by atoms with Crippen molar-refractivity contribution in [2.75, 3.05) is 18.1 Å². The average Bonchev–Trinajstić information content (AvgIpc) is 2.94. The number of amides is 2. The van der Waals surface area contributed by atoms with Crippen LogP contribution >= 0.6 is 11.8 Å². The quantitative estimate of drug-likeness (QED) is 0.500. The molecule has 2 aliphatic heterocycles. The van der Waals surface area contributed by atoms with Crippen molar-refractivity contribution in [3.05, 3.63) is 40.3 Å². The van der Waals surface area contributed by atoms with Crippen molar-refractivity contribution < 1.29 is 19.1 Å². The molecule has 0 unspecified atom stereocenters. The van der Waals surface area contributed by atoms with E-state index in [1.807, 2.05) is 12.1 Å². The number of fused-ring (bicyclic) bond motifs is 1. The molecule has 2 heterocycles. The van der Waals surface area contributed by atoms with Crippen LogP contribution in [0.3, 0.4) is 0 Å². The fourth-order valence-electron chi connectivity index (χ4n) is 4.10. The van der Waals surface area contributed by atoms with Gasteiger partial charge in [0.2, 0.25) is 0 Å². The molecule has 0 spiro atoms. The molecule has 6 nitrogen and oxygen atoms in total. The Kier molecular flexibility index (Phi) is 6.13. The van der Waals surface area contributed by atoms with Gasteiger partial charge in [-0.05, 0) is 82.6 Å². The lowest BCUT2D eigenvalue weighted by atomic mass is 9.88. The number of ether oxygens (including phenoxy) is 1. The minimum Gasteiger partial charge on any atom is -0.464 e. The van der Waals surface area contributed by atoms with Crippen molar-refractivity contribution in [2.24, 2.45) is 0 Å². The summed E-state index contributed by atoms with van der Waals surface area (Å²) in [6, 6.07) is 5.12. The van der Waals surface area contributed by atoms with Gasteiger partial charge in [0.05, 0.1) is 17.1 Å². The van der Waals surface area contributed by atoms with Gasteiger partial charge < -0.3 is 9.64 Å². The van der Waals surface area contributed by atoms with Crippen LogP contribution in [0.2, 0.25) is 0 Å². The Hall–Kier alpha value is -2.54. The maximum absolute atomic E-state index is 12.8. The Balaban J connectivity index is 1.92. The van der Waals surface area contributed by atoms with Gasteiger partial charge in [0.15, 0.2) is 0 Å². The number of rotatable bonds is 5. The Morgan fingerprint density at radius 3 is 2.60 bits per heavy atom. The minimum absolute atomic E-state index is 0.0702. The number of hydrogen-bond donors (Lipinski definition) is 0. The van der Waals surface area contributed by atoms with Gasteiger partial charge in [-0.15, -0.1) is 0 Å². The number of likely N-dealkylation sites (N-methyl/N-ethyl adjacent to an activating group) is 1. The van der Waals surface area contributed by atoms with Crippen LogP contribution in [0.15, 0.2) is 29.2 Å². The Labute approximate surface area is 181 Å². The van der Waals surface area contributed by atoms with Crippen LogP contribution in [0.25, 0.3) is 11.6 Å². The molecule has 2 amide bonds. The van der Waals surface area contributed by atoms with Crippen molar-refractivity contribution in [3.8, 4) is 0 Å². The van der Waals surface area contributed by atoms with Crippen molar-refractivity contribution in [1.82, 2.24) is 4.90 Å². The first kappa shape index (κ1) is 22.2. The molecule has 3 rings (SSSR count). The zero-order chi connectivity index (χ0) is 22.2. The number of esters is 1. The largest absolute Gasteiger partial charge is 0.464 e. The zero-order valence-corrected chi connectivity index (χ0v) is 19.1. The Morgan fingerprint density at radius 2 is 1.97 bits per heavy atom. The lowest BCUT2D eigenvalue weighted by Gasteiger charge is -2.42. The summed E-state index contributed by atoms with van der Waals surface area (Å²) in [7, 11) is 0. The van der Waals surface area contributed by atoms with Crippen LogP contribution in [0.5, 0.6) is 0 Å². The lowest BCUT2D eigenvalue weighted by Crippen LogP contribution is -2.44. The molecule has 160 valence electrons. The third kappa shape index (κ3) is 3.90. The summed E-state index contributed by atoms with van der Waals surface area (Å²) in [5.74, 6) is -1.05. The van der Waals surface area contributed by atoms with E-state index in [1.165, 1.54) is 12.5 Å². The summed E-state index contributed by atoms with van der Waals surface area (Å²) >= 11 is 0.849. The molecule has 1 saturated heterocycles. The second-order valence-corrected chi connectivity index (χ2v) is 8.97. The second kappa shape index (κ2) is 8.30. The highest BCUT2D eigenvalue weighted by atomic mass is 32.2. The number of hydrogen-bond acceptors (Lipinski definition) is 6. The van der Waals surface area contributed by atoms with Crippen LogP contribution in [0.4, 0.5) is 10.5 Å². The Morgan fingerprint density at radius 1 is 1.27 bits per heavy atom. The molecule has 0 radical (unpaired) electrons. The van der Waals surface area contributed by atoms with Crippen LogP contribution in [0, 0.1) is 0 Å². The lowest BCUT2D eigenvalue weighted by molar-refractivity contribution is -0.150. The molecule has 30 heavy (non-hydrogen) atoms. The summed E-state index contributed by atoms with van der Waals surface area (Å²) in [4.78, 5) is 40.8. The highest BCUT2D eigenvalue weighted by Gasteiger charge is 2.41. The third-order valence-electron chi connectivity index (χ3n) is 5.45. The molecular weight excluding hydrogens is 400 g/mol. The molecule has 7 heteroatoms. The molecule has 1 fully saturated rings. The van der Waals surface area contributed by atoms with E-state index in [9.17, 15) is 14.4 Å². The van der Waals surface area contributed by atoms with Gasteiger partial charge in [0.1, 0.15) is 6.04 Å². The predicted octanol–water partition coefficient (Wildman–Crippen LogP) is 4.70. The van der Waals surface area contributed by atoms with Gasteiger partial charge in [0.25, 0.3) is 11.1 Å². The van der Waals surface area contributed by atoms with Gasteiger partial charge >= 0.3 is 5.97 Å². The molecule has 0 saturated carbocycles. The van der Waals surface area contributed by atoms with E-state index in [1.54, 1.807) is 13.0 Å². The number of thioether (sulfide) groups is 1. The minimum atomic E-state index is -0.947. The van der Waals surface area contributed by atoms with E-state index in [2.05, 4.69) is 44.7 Å². The number of benzene rings is 1. The summed E-state index contributed by atoms with van der Waals surface area (Å²) in [6.45, 7) is 12.9.